The Hall–Kier alpha value is -4.71. The predicted molar refractivity (Wildman–Crippen MR) is 177 cm³/mol. The number of urea groups is 1. The van der Waals surface area contributed by atoms with Crippen LogP contribution in [0.4, 0.5) is 10.5 Å². The molecule has 3 aliphatic rings. The Kier molecular flexibility index (Phi) is 9.28. The van der Waals surface area contributed by atoms with Crippen molar-refractivity contribution in [3.63, 3.8) is 0 Å². The van der Waals surface area contributed by atoms with Gasteiger partial charge in [-0.1, -0.05) is 12.1 Å². The van der Waals surface area contributed by atoms with Crippen LogP contribution in [0.2, 0.25) is 0 Å². The van der Waals surface area contributed by atoms with Gasteiger partial charge < -0.3 is 29.9 Å². The minimum Gasteiger partial charge on any atom is -0.495 e. The van der Waals surface area contributed by atoms with E-state index in [-0.39, 0.29) is 57.5 Å². The van der Waals surface area contributed by atoms with E-state index in [1.54, 1.807) is 30.0 Å². The molecule has 14 heteroatoms. The van der Waals surface area contributed by atoms with Gasteiger partial charge in [-0.25, -0.2) is 18.2 Å². The molecule has 2 atom stereocenters. The van der Waals surface area contributed by atoms with Gasteiger partial charge in [-0.2, -0.15) is 9.57 Å². The van der Waals surface area contributed by atoms with E-state index in [1.165, 1.54) is 49.7 Å². The van der Waals surface area contributed by atoms with Crippen molar-refractivity contribution in [3.8, 4) is 17.7 Å². The Bertz CT molecular complexity index is 1860. The molecule has 2 aromatic carbocycles. The number of nitrogens with zero attached hydrogens (tertiary/aromatic N) is 5. The fraction of sp³-hybridized carbons (Fsp3) is 0.412. The molecule has 6 rings (SSSR count). The maximum Gasteiger partial charge on any atom is 0.319 e. The summed E-state index contributed by atoms with van der Waals surface area (Å²) in [6.45, 7) is 5.28. The van der Waals surface area contributed by atoms with Gasteiger partial charge in [0.15, 0.2) is 5.54 Å². The Balaban J connectivity index is 1.54. The first-order chi connectivity index (χ1) is 23.2. The van der Waals surface area contributed by atoms with Crippen molar-refractivity contribution in [2.45, 2.75) is 36.2 Å². The Morgan fingerprint density at radius 1 is 1.12 bits per heavy atom. The predicted octanol–water partition coefficient (Wildman–Crippen LogP) is 2.66. The molecule has 2 fully saturated rings. The summed E-state index contributed by atoms with van der Waals surface area (Å²) in [4.78, 5) is 38.0. The van der Waals surface area contributed by atoms with E-state index < -0.39 is 27.5 Å². The van der Waals surface area contributed by atoms with Gasteiger partial charge in [0.05, 0.1) is 36.6 Å². The zero-order chi connectivity index (χ0) is 34.1. The number of hydrogen-bond acceptors (Lipinski definition) is 10. The third-order valence-corrected chi connectivity index (χ3v) is 11.2. The number of likely N-dealkylation sites (tertiary alicyclic amines) is 1. The highest BCUT2D eigenvalue weighted by molar-refractivity contribution is 7.93. The lowest BCUT2D eigenvalue weighted by Gasteiger charge is -2.44. The molecule has 3 aromatic rings. The van der Waals surface area contributed by atoms with Gasteiger partial charge >= 0.3 is 6.03 Å². The molecule has 2 unspecified atom stereocenters. The largest absolute Gasteiger partial charge is 0.495 e. The van der Waals surface area contributed by atoms with Crippen LogP contribution < -0.4 is 24.4 Å². The zero-order valence-corrected chi connectivity index (χ0v) is 28.0. The number of pyridine rings is 1. The van der Waals surface area contributed by atoms with Gasteiger partial charge in [0.25, 0.3) is 15.9 Å². The number of benzene rings is 2. The van der Waals surface area contributed by atoms with Crippen LogP contribution in [0.25, 0.3) is 0 Å². The first kappa shape index (κ1) is 33.2. The molecular weight excluding hydrogens is 634 g/mol. The molecular formula is C34H39N7O6S. The molecule has 4 heterocycles. The van der Waals surface area contributed by atoms with Crippen LogP contribution in [-0.2, 0) is 20.4 Å². The minimum atomic E-state index is -4.63. The average Bonchev–Trinajstić information content (AvgIpc) is 3.36. The van der Waals surface area contributed by atoms with Crippen LogP contribution in [0.15, 0.2) is 65.7 Å². The number of nitriles is 1. The van der Waals surface area contributed by atoms with Crippen molar-refractivity contribution < 1.29 is 27.5 Å². The van der Waals surface area contributed by atoms with E-state index in [4.69, 9.17) is 9.47 Å². The number of piperazine rings is 1. The third-order valence-electron chi connectivity index (χ3n) is 9.44. The second-order valence-electron chi connectivity index (χ2n) is 12.1. The summed E-state index contributed by atoms with van der Waals surface area (Å²) in [7, 11) is -1.20. The number of sulfonamides is 1. The SMILES string of the molecule is CCOc1ncccc1C1(NC(=O)N2CCNCC2C2CCN(C)CC2)C(=O)N(S(=O)(=O)c2ccccc2OC)c2ccc(C#N)cc21. The van der Waals surface area contributed by atoms with Crippen molar-refractivity contribution in [1.29, 1.82) is 5.26 Å². The van der Waals surface area contributed by atoms with Gasteiger partial charge in [-0.05, 0) is 88.3 Å². The number of methoxy groups -OCH3 is 1. The second kappa shape index (κ2) is 13.4. The van der Waals surface area contributed by atoms with Crippen LogP contribution in [-0.4, -0.2) is 94.7 Å². The highest BCUT2D eigenvalue weighted by atomic mass is 32.2. The molecule has 3 aliphatic heterocycles. The number of nitrogens with one attached hydrogen (secondary N) is 2. The summed E-state index contributed by atoms with van der Waals surface area (Å²) in [5, 5.41) is 16.4. The molecule has 0 bridgehead atoms. The quantitative estimate of drug-likeness (QED) is 0.364. The molecule has 13 nitrogen and oxygen atoms in total. The number of para-hydroxylation sites is 1. The van der Waals surface area contributed by atoms with Crippen molar-refractivity contribution in [2.24, 2.45) is 5.92 Å². The first-order valence-corrected chi connectivity index (χ1v) is 17.4. The maximum atomic E-state index is 15.2. The number of rotatable bonds is 8. The Labute approximate surface area is 280 Å². The lowest BCUT2D eigenvalue weighted by Crippen LogP contribution is -2.64. The summed E-state index contributed by atoms with van der Waals surface area (Å²) in [6, 6.07) is 14.9. The van der Waals surface area contributed by atoms with Crippen LogP contribution in [0.1, 0.15) is 36.5 Å². The van der Waals surface area contributed by atoms with E-state index >= 15 is 4.79 Å². The highest BCUT2D eigenvalue weighted by Crippen LogP contribution is 2.50. The monoisotopic (exact) mass is 673 g/mol. The van der Waals surface area contributed by atoms with Crippen molar-refractivity contribution >= 4 is 27.6 Å². The van der Waals surface area contributed by atoms with E-state index in [2.05, 4.69) is 33.6 Å². The van der Waals surface area contributed by atoms with Crippen LogP contribution in [0, 0.1) is 17.2 Å². The smallest absolute Gasteiger partial charge is 0.319 e. The van der Waals surface area contributed by atoms with Gasteiger partial charge in [-0.3, -0.25) is 4.79 Å². The summed E-state index contributed by atoms with van der Waals surface area (Å²) in [5.41, 5.74) is -1.72. The second-order valence-corrected chi connectivity index (χ2v) is 13.9. The molecule has 1 aromatic heterocycles. The maximum absolute atomic E-state index is 15.2. The molecule has 0 saturated carbocycles. The summed E-state index contributed by atoms with van der Waals surface area (Å²) in [6.07, 6.45) is 3.31. The molecule has 2 N–H and O–H groups in total. The number of aromatic nitrogens is 1. The lowest BCUT2D eigenvalue weighted by molar-refractivity contribution is -0.121. The van der Waals surface area contributed by atoms with E-state index in [0.29, 0.717) is 23.9 Å². The van der Waals surface area contributed by atoms with Gasteiger partial charge in [0.2, 0.25) is 5.88 Å². The number of fused-ring (bicyclic) bond motifs is 1. The van der Waals surface area contributed by atoms with Crippen molar-refractivity contribution in [1.82, 2.24) is 25.4 Å². The molecule has 48 heavy (non-hydrogen) atoms. The Morgan fingerprint density at radius 3 is 2.62 bits per heavy atom. The first-order valence-electron chi connectivity index (χ1n) is 16.0. The standard InChI is InChI=1S/C34H39N7O6S/c1-4-47-31-25(8-7-15-37-31)34(38-33(43)40-19-16-36-22-28(40)24-13-17-39(2)18-14-24)26-20-23(21-35)11-12-27(26)41(32(34)42)48(44,45)30-10-6-5-9-29(30)46-3/h5-12,15,20,24,28,36H,4,13-14,16-19,22H2,1-3H3,(H,38,43). The fourth-order valence-electron chi connectivity index (χ4n) is 7.05. The van der Waals surface area contributed by atoms with Gasteiger partial charge in [0.1, 0.15) is 10.6 Å². The number of amides is 3. The average molecular weight is 674 g/mol. The van der Waals surface area contributed by atoms with E-state index in [9.17, 15) is 18.5 Å². The fourth-order valence-corrected chi connectivity index (χ4v) is 8.68. The molecule has 2 saturated heterocycles. The summed E-state index contributed by atoms with van der Waals surface area (Å²) >= 11 is 0. The van der Waals surface area contributed by atoms with E-state index in [0.717, 1.165) is 25.9 Å². The van der Waals surface area contributed by atoms with Crippen LogP contribution in [0.5, 0.6) is 11.6 Å². The van der Waals surface area contributed by atoms with Crippen LogP contribution in [0.3, 0.4) is 0 Å². The molecule has 3 amide bonds. The third kappa shape index (κ3) is 5.61. The van der Waals surface area contributed by atoms with Gasteiger partial charge in [0, 0.05) is 37.4 Å². The minimum absolute atomic E-state index is 0.0105. The Morgan fingerprint density at radius 2 is 1.90 bits per heavy atom. The number of carbonyl (C=O) groups excluding carboxylic acids is 2. The molecule has 252 valence electrons. The lowest BCUT2D eigenvalue weighted by atomic mass is 9.83. The number of ether oxygens (including phenoxy) is 2. The number of piperidine rings is 1. The van der Waals surface area contributed by atoms with Crippen molar-refractivity contribution in [3.05, 3.63) is 77.5 Å². The molecule has 0 aliphatic carbocycles. The molecule has 0 spiro atoms. The normalized spacial score (nSPS) is 21.8. The van der Waals surface area contributed by atoms with Crippen LogP contribution >= 0.6 is 0 Å². The topological polar surface area (TPSA) is 157 Å². The number of carbonyl (C=O) groups is 2. The zero-order valence-electron chi connectivity index (χ0n) is 27.2. The van der Waals surface area contributed by atoms with Gasteiger partial charge in [-0.15, -0.1) is 0 Å². The van der Waals surface area contributed by atoms with E-state index in [1.807, 2.05) is 0 Å². The molecule has 0 radical (unpaired) electrons. The summed E-state index contributed by atoms with van der Waals surface area (Å²) < 4.78 is 41.0. The number of anilines is 1. The summed E-state index contributed by atoms with van der Waals surface area (Å²) in [5.74, 6) is -0.648. The highest BCUT2D eigenvalue weighted by Gasteiger charge is 2.59. The number of hydrogen-bond donors (Lipinski definition) is 2. The van der Waals surface area contributed by atoms with Crippen molar-refractivity contribution in [2.75, 3.05) is 57.8 Å².